The number of carbonyl (C=O) groups is 4. The predicted octanol–water partition coefficient (Wildman–Crippen LogP) is 2.24. The second-order valence-corrected chi connectivity index (χ2v) is 10.6. The van der Waals surface area contributed by atoms with Crippen molar-refractivity contribution in [2.45, 2.75) is 70.1 Å². The number of ether oxygens (including phenoxy) is 1. The fourth-order valence-electron chi connectivity index (χ4n) is 5.59. The number of hydrogen-bond acceptors (Lipinski definition) is 7. The zero-order valence-electron chi connectivity index (χ0n) is 21.0. The van der Waals surface area contributed by atoms with Gasteiger partial charge in [0.2, 0.25) is 11.8 Å². The first-order chi connectivity index (χ1) is 17.7. The van der Waals surface area contributed by atoms with Gasteiger partial charge in [0.15, 0.2) is 22.9 Å². The average Bonchev–Trinajstić information content (AvgIpc) is 3.60. The lowest BCUT2D eigenvalue weighted by molar-refractivity contribution is -0.321. The Labute approximate surface area is 215 Å². The molecule has 210 valence electrons. The second-order valence-electron chi connectivity index (χ2n) is 10.6. The van der Waals surface area contributed by atoms with E-state index in [1.54, 1.807) is 0 Å². The summed E-state index contributed by atoms with van der Waals surface area (Å²) in [6.45, 7) is 1.72. The second kappa shape index (κ2) is 10.6. The fourth-order valence-corrected chi connectivity index (χ4v) is 5.59. The van der Waals surface area contributed by atoms with Crippen molar-refractivity contribution in [3.8, 4) is 0 Å². The van der Waals surface area contributed by atoms with Crippen molar-refractivity contribution in [1.29, 1.82) is 0 Å². The molecule has 10 nitrogen and oxygen atoms in total. The predicted molar refractivity (Wildman–Crippen MR) is 121 cm³/mol. The Bertz CT molecular complexity index is 1080. The third-order valence-corrected chi connectivity index (χ3v) is 7.50. The molecule has 2 aliphatic heterocycles. The Balaban J connectivity index is 1.54. The maximum atomic E-state index is 14.3. The molecule has 0 bridgehead atoms. The van der Waals surface area contributed by atoms with Crippen molar-refractivity contribution in [3.05, 3.63) is 17.5 Å². The molecule has 0 unspecified atom stereocenters. The van der Waals surface area contributed by atoms with Crippen LogP contribution in [0.25, 0.3) is 0 Å². The smallest absolute Gasteiger partial charge is 0.357 e. The summed E-state index contributed by atoms with van der Waals surface area (Å²) >= 11 is 0. The minimum absolute atomic E-state index is 0.00186. The van der Waals surface area contributed by atoms with Crippen LogP contribution in [0.1, 0.15) is 62.2 Å². The van der Waals surface area contributed by atoms with E-state index in [4.69, 9.17) is 4.52 Å². The molecule has 4 rings (SSSR count). The summed E-state index contributed by atoms with van der Waals surface area (Å²) in [5, 5.41) is 8.77. The van der Waals surface area contributed by atoms with Gasteiger partial charge in [-0.05, 0) is 51.4 Å². The first-order valence-electron chi connectivity index (χ1n) is 12.5. The Morgan fingerprint density at radius 3 is 2.58 bits per heavy atom. The van der Waals surface area contributed by atoms with Gasteiger partial charge in [0.1, 0.15) is 12.6 Å². The third-order valence-electron chi connectivity index (χ3n) is 7.50. The van der Waals surface area contributed by atoms with Gasteiger partial charge in [-0.3, -0.25) is 23.9 Å². The molecule has 2 saturated heterocycles. The molecule has 3 amide bonds. The van der Waals surface area contributed by atoms with E-state index >= 15 is 0 Å². The Morgan fingerprint density at radius 2 is 1.97 bits per heavy atom. The maximum absolute atomic E-state index is 14.3. The normalized spacial score (nSPS) is 26.3. The molecule has 2 N–H and O–H groups in total. The fraction of sp³-hybridized carbons (Fsp3) is 0.708. The maximum Gasteiger partial charge on any atom is 0.522 e. The number of carbonyl (C=O) groups excluding carboxylic acids is 4. The number of fused-ring (bicyclic) bond motifs is 1. The average molecular weight is 547 g/mol. The molecule has 3 fully saturated rings. The van der Waals surface area contributed by atoms with Gasteiger partial charge >= 0.3 is 6.36 Å². The summed E-state index contributed by atoms with van der Waals surface area (Å²) in [6.07, 6.45) is -2.67. The van der Waals surface area contributed by atoms with Gasteiger partial charge in [-0.2, -0.15) is 0 Å². The summed E-state index contributed by atoms with van der Waals surface area (Å²) in [4.78, 5) is 52.9. The SMILES string of the molecule is CC(C)(F)c1cc(C(=O)N2C[C@@H]3CCC[C@@H]3[C@H]2C(=O)N[C@@H](C[C@@H]2CCNC2=O)C(=O)COC(F)(F)F)no1. The number of rotatable bonds is 9. The van der Waals surface area contributed by atoms with Crippen molar-refractivity contribution >= 4 is 23.5 Å². The molecule has 0 radical (unpaired) electrons. The molecule has 1 aromatic heterocycles. The van der Waals surface area contributed by atoms with Gasteiger partial charge in [0.05, 0.1) is 6.04 Å². The topological polar surface area (TPSA) is 131 Å². The van der Waals surface area contributed by atoms with Crippen LogP contribution < -0.4 is 10.6 Å². The van der Waals surface area contributed by atoms with Crippen LogP contribution in [0.3, 0.4) is 0 Å². The molecule has 1 aromatic rings. The number of amides is 3. The van der Waals surface area contributed by atoms with Gasteiger partial charge in [-0.25, -0.2) is 4.39 Å². The van der Waals surface area contributed by atoms with Crippen LogP contribution in [0.2, 0.25) is 0 Å². The van der Waals surface area contributed by atoms with Gasteiger partial charge in [-0.1, -0.05) is 11.6 Å². The number of nitrogens with zero attached hydrogens (tertiary/aromatic N) is 2. The lowest BCUT2D eigenvalue weighted by Gasteiger charge is -2.29. The molecule has 5 atom stereocenters. The molecule has 0 aromatic carbocycles. The summed E-state index contributed by atoms with van der Waals surface area (Å²) in [6, 6.07) is -1.28. The first kappa shape index (κ1) is 28.0. The highest BCUT2D eigenvalue weighted by molar-refractivity contribution is 5.98. The molecule has 14 heteroatoms. The summed E-state index contributed by atoms with van der Waals surface area (Å²) in [5.41, 5.74) is -2.07. The number of Topliss-reactive ketones (excluding diaryl/α,β-unsaturated/α-hetero) is 1. The van der Waals surface area contributed by atoms with E-state index in [-0.39, 0.29) is 42.2 Å². The van der Waals surface area contributed by atoms with Crippen molar-refractivity contribution in [2.75, 3.05) is 19.7 Å². The number of likely N-dealkylation sites (tertiary alicyclic amines) is 1. The van der Waals surface area contributed by atoms with Crippen LogP contribution in [0.4, 0.5) is 17.6 Å². The quantitative estimate of drug-likeness (QED) is 0.454. The number of aromatic nitrogens is 1. The van der Waals surface area contributed by atoms with Crippen LogP contribution in [0.5, 0.6) is 0 Å². The van der Waals surface area contributed by atoms with E-state index < -0.39 is 54.2 Å². The zero-order valence-corrected chi connectivity index (χ0v) is 21.0. The van der Waals surface area contributed by atoms with Gasteiger partial charge in [0.25, 0.3) is 5.91 Å². The number of nitrogens with one attached hydrogen (secondary N) is 2. The van der Waals surface area contributed by atoms with E-state index in [0.29, 0.717) is 19.4 Å². The Kier molecular flexibility index (Phi) is 7.82. The summed E-state index contributed by atoms with van der Waals surface area (Å²) in [7, 11) is 0. The highest BCUT2D eigenvalue weighted by Gasteiger charge is 2.50. The third kappa shape index (κ3) is 6.16. The van der Waals surface area contributed by atoms with E-state index in [9.17, 15) is 36.7 Å². The molecule has 3 heterocycles. The van der Waals surface area contributed by atoms with Crippen LogP contribution in [-0.4, -0.2) is 71.7 Å². The molecule has 1 saturated carbocycles. The lowest BCUT2D eigenvalue weighted by Crippen LogP contribution is -2.54. The van der Waals surface area contributed by atoms with Gasteiger partial charge in [0, 0.05) is 25.1 Å². The van der Waals surface area contributed by atoms with Crippen molar-refractivity contribution < 1.29 is 46.0 Å². The number of ketones is 1. The highest BCUT2D eigenvalue weighted by Crippen LogP contribution is 2.43. The van der Waals surface area contributed by atoms with E-state index in [0.717, 1.165) is 12.8 Å². The molecule has 38 heavy (non-hydrogen) atoms. The Hall–Kier alpha value is -3.03. The van der Waals surface area contributed by atoms with E-state index in [2.05, 4.69) is 20.5 Å². The molecular weight excluding hydrogens is 516 g/mol. The lowest BCUT2D eigenvalue weighted by atomic mass is 9.92. The van der Waals surface area contributed by atoms with Crippen LogP contribution in [-0.2, 0) is 24.8 Å². The van der Waals surface area contributed by atoms with Crippen molar-refractivity contribution in [3.63, 3.8) is 0 Å². The van der Waals surface area contributed by atoms with Crippen LogP contribution >= 0.6 is 0 Å². The van der Waals surface area contributed by atoms with Crippen LogP contribution in [0.15, 0.2) is 10.6 Å². The zero-order chi connectivity index (χ0) is 27.8. The standard InChI is InChI=1S/C24H30F4N4O6/c1-23(2,25)18-9-16(31-38-18)22(36)32-10-13-4-3-5-14(13)19(32)21(35)30-15(8-12-6-7-29-20(12)34)17(33)11-37-24(26,27)28/h9,12-15,19H,3-8,10-11H2,1-2H3,(H,29,34)(H,30,35)/t12-,13-,14-,15-,19-/m0/s1. The summed E-state index contributed by atoms with van der Waals surface area (Å²) in [5.74, 6) is -3.84. The first-order valence-corrected chi connectivity index (χ1v) is 12.5. The van der Waals surface area contributed by atoms with Gasteiger partial charge < -0.3 is 20.1 Å². The summed E-state index contributed by atoms with van der Waals surface area (Å²) < 4.78 is 60.6. The minimum atomic E-state index is -5.05. The number of hydrogen-bond donors (Lipinski definition) is 2. The molecule has 1 aliphatic carbocycles. The number of alkyl halides is 4. The number of halogens is 4. The molecule has 0 spiro atoms. The minimum Gasteiger partial charge on any atom is -0.357 e. The monoisotopic (exact) mass is 546 g/mol. The molecular formula is C24H30F4N4O6. The Morgan fingerprint density at radius 1 is 1.24 bits per heavy atom. The van der Waals surface area contributed by atoms with Crippen molar-refractivity contribution in [1.82, 2.24) is 20.7 Å². The van der Waals surface area contributed by atoms with Crippen molar-refractivity contribution in [2.24, 2.45) is 17.8 Å². The van der Waals surface area contributed by atoms with E-state index in [1.165, 1.54) is 24.8 Å². The van der Waals surface area contributed by atoms with E-state index in [1.807, 2.05) is 0 Å². The molecule has 3 aliphatic rings. The highest BCUT2D eigenvalue weighted by atomic mass is 19.4. The van der Waals surface area contributed by atoms with Gasteiger partial charge in [-0.15, -0.1) is 13.2 Å². The largest absolute Gasteiger partial charge is 0.522 e. The van der Waals surface area contributed by atoms with Crippen LogP contribution in [0, 0.1) is 17.8 Å².